The molecule has 0 spiro atoms. The summed E-state index contributed by atoms with van der Waals surface area (Å²) in [5, 5.41) is 1.95. The maximum Gasteiger partial charge on any atom is 0.178 e. The quantitative estimate of drug-likeness (QED) is 0.674. The Labute approximate surface area is 90.2 Å². The van der Waals surface area contributed by atoms with Gasteiger partial charge in [-0.25, -0.2) is 0 Å². The molecule has 0 aliphatic heterocycles. The van der Waals surface area contributed by atoms with Crippen LogP contribution >= 0.6 is 11.3 Å². The summed E-state index contributed by atoms with van der Waals surface area (Å²) < 4.78 is 0. The van der Waals surface area contributed by atoms with Gasteiger partial charge in [-0.05, 0) is 16.9 Å². The zero-order valence-corrected chi connectivity index (χ0v) is 10.4. The molecule has 0 saturated carbocycles. The summed E-state index contributed by atoms with van der Waals surface area (Å²) in [5.74, 6) is 0.250. The lowest BCUT2D eigenvalue weighted by Gasteiger charge is -2.36. The van der Waals surface area contributed by atoms with Crippen molar-refractivity contribution in [1.82, 2.24) is 0 Å². The van der Waals surface area contributed by atoms with Crippen molar-refractivity contribution < 1.29 is 4.79 Å². The highest BCUT2D eigenvalue weighted by Gasteiger charge is 2.40. The first kappa shape index (κ1) is 11.4. The van der Waals surface area contributed by atoms with Gasteiger partial charge in [0.15, 0.2) is 5.78 Å². The van der Waals surface area contributed by atoms with E-state index in [0.717, 1.165) is 4.88 Å². The van der Waals surface area contributed by atoms with Crippen molar-refractivity contribution in [3.63, 3.8) is 0 Å². The number of carbonyl (C=O) groups excluding carboxylic acids is 1. The van der Waals surface area contributed by atoms with Gasteiger partial charge in [-0.2, -0.15) is 0 Å². The molecule has 0 N–H and O–H groups in total. The summed E-state index contributed by atoms with van der Waals surface area (Å²) in [6, 6.07) is 3.83. The van der Waals surface area contributed by atoms with E-state index in [1.54, 1.807) is 0 Å². The fraction of sp³-hybridized carbons (Fsp3) is 0.583. The monoisotopic (exact) mass is 210 g/mol. The minimum atomic E-state index is -0.308. The Balaban J connectivity index is 3.01. The Bertz CT molecular complexity index is 315. The summed E-state index contributed by atoms with van der Waals surface area (Å²) in [6.07, 6.45) is 0. The number of thiophene rings is 1. The summed E-state index contributed by atoms with van der Waals surface area (Å²) in [7, 11) is 0. The lowest BCUT2D eigenvalue weighted by molar-refractivity contribution is 0.0630. The highest BCUT2D eigenvalue weighted by molar-refractivity contribution is 7.12. The molecular weight excluding hydrogens is 192 g/mol. The van der Waals surface area contributed by atoms with Gasteiger partial charge in [-0.3, -0.25) is 4.79 Å². The number of Topliss-reactive ketones (excluding diaryl/α,β-unsaturated/α-hetero) is 1. The highest BCUT2D eigenvalue weighted by Crippen LogP contribution is 2.41. The van der Waals surface area contributed by atoms with Crippen molar-refractivity contribution in [3.8, 4) is 0 Å². The number of rotatable bonds is 2. The Kier molecular flexibility index (Phi) is 2.86. The van der Waals surface area contributed by atoms with Crippen LogP contribution in [-0.2, 0) is 0 Å². The van der Waals surface area contributed by atoms with E-state index in [2.05, 4.69) is 20.8 Å². The summed E-state index contributed by atoms with van der Waals surface area (Å²) in [4.78, 5) is 13.1. The van der Waals surface area contributed by atoms with E-state index in [1.165, 1.54) is 11.3 Å². The van der Waals surface area contributed by atoms with Gasteiger partial charge in [0.05, 0.1) is 4.88 Å². The smallest absolute Gasteiger partial charge is 0.178 e. The first-order chi connectivity index (χ1) is 6.27. The maximum absolute atomic E-state index is 12.2. The van der Waals surface area contributed by atoms with Crippen molar-refractivity contribution >= 4 is 17.1 Å². The molecule has 1 rings (SSSR count). The average Bonchev–Trinajstić information content (AvgIpc) is 2.52. The van der Waals surface area contributed by atoms with Crippen LogP contribution in [0.15, 0.2) is 17.5 Å². The number of ketones is 1. The minimum absolute atomic E-state index is 0.00588. The molecule has 0 aromatic carbocycles. The standard InChI is InChI=1S/C12H18OS/c1-11(2,3)12(4,5)10(13)9-7-6-8-14-9/h6-8H,1-5H3. The predicted molar refractivity (Wildman–Crippen MR) is 61.9 cm³/mol. The Morgan fingerprint density at radius 1 is 1.21 bits per heavy atom. The van der Waals surface area contributed by atoms with Gasteiger partial charge in [-0.1, -0.05) is 40.7 Å². The molecule has 1 aromatic heterocycles. The average molecular weight is 210 g/mol. The number of hydrogen-bond acceptors (Lipinski definition) is 2. The largest absolute Gasteiger partial charge is 0.293 e. The van der Waals surface area contributed by atoms with Crippen LogP contribution in [0, 0.1) is 10.8 Å². The van der Waals surface area contributed by atoms with Crippen molar-refractivity contribution in [3.05, 3.63) is 22.4 Å². The van der Waals surface area contributed by atoms with Gasteiger partial charge in [-0.15, -0.1) is 11.3 Å². The first-order valence-corrected chi connectivity index (χ1v) is 5.73. The molecule has 0 aliphatic carbocycles. The van der Waals surface area contributed by atoms with E-state index in [1.807, 2.05) is 31.4 Å². The van der Waals surface area contributed by atoms with Crippen LogP contribution in [-0.4, -0.2) is 5.78 Å². The molecule has 1 nitrogen and oxygen atoms in total. The second-order valence-corrected chi connectivity index (χ2v) is 6.13. The van der Waals surface area contributed by atoms with Gasteiger partial charge in [0.25, 0.3) is 0 Å². The van der Waals surface area contributed by atoms with Gasteiger partial charge < -0.3 is 0 Å². The molecule has 0 bridgehead atoms. The molecule has 0 radical (unpaired) electrons. The van der Waals surface area contributed by atoms with E-state index in [-0.39, 0.29) is 16.6 Å². The van der Waals surface area contributed by atoms with Crippen LogP contribution in [0.25, 0.3) is 0 Å². The molecule has 14 heavy (non-hydrogen) atoms. The van der Waals surface area contributed by atoms with Gasteiger partial charge in [0, 0.05) is 5.41 Å². The third kappa shape index (κ3) is 1.90. The molecule has 0 fully saturated rings. The second kappa shape index (κ2) is 3.50. The predicted octanol–water partition coefficient (Wildman–Crippen LogP) is 4.00. The summed E-state index contributed by atoms with van der Waals surface area (Å²) in [6.45, 7) is 10.4. The SMILES string of the molecule is CC(C)(C)C(C)(C)C(=O)c1cccs1. The number of hydrogen-bond donors (Lipinski definition) is 0. The number of carbonyl (C=O) groups is 1. The molecule has 1 heterocycles. The third-order valence-corrected chi connectivity index (χ3v) is 4.06. The highest BCUT2D eigenvalue weighted by atomic mass is 32.1. The zero-order chi connectivity index (χ0) is 11.0. The van der Waals surface area contributed by atoms with E-state index in [0.29, 0.717) is 0 Å². The van der Waals surface area contributed by atoms with Crippen LogP contribution in [0.4, 0.5) is 0 Å². The van der Waals surface area contributed by atoms with Crippen LogP contribution in [0.2, 0.25) is 0 Å². The van der Waals surface area contributed by atoms with Crippen LogP contribution < -0.4 is 0 Å². The zero-order valence-electron chi connectivity index (χ0n) is 9.55. The fourth-order valence-electron chi connectivity index (χ4n) is 1.06. The van der Waals surface area contributed by atoms with Gasteiger partial charge in [0.2, 0.25) is 0 Å². The van der Waals surface area contributed by atoms with E-state index in [9.17, 15) is 4.79 Å². The van der Waals surface area contributed by atoms with Gasteiger partial charge >= 0.3 is 0 Å². The molecule has 0 aliphatic rings. The first-order valence-electron chi connectivity index (χ1n) is 4.85. The maximum atomic E-state index is 12.2. The molecule has 78 valence electrons. The second-order valence-electron chi connectivity index (χ2n) is 5.18. The van der Waals surface area contributed by atoms with Crippen molar-refractivity contribution in [1.29, 1.82) is 0 Å². The lowest BCUT2D eigenvalue weighted by atomic mass is 9.66. The van der Waals surface area contributed by atoms with Crippen LogP contribution in [0.1, 0.15) is 44.3 Å². The Morgan fingerprint density at radius 3 is 2.14 bits per heavy atom. The third-order valence-electron chi connectivity index (χ3n) is 3.19. The van der Waals surface area contributed by atoms with Crippen LogP contribution in [0.5, 0.6) is 0 Å². The molecule has 0 saturated heterocycles. The van der Waals surface area contributed by atoms with Crippen molar-refractivity contribution in [2.24, 2.45) is 10.8 Å². The molecule has 0 amide bonds. The van der Waals surface area contributed by atoms with Crippen molar-refractivity contribution in [2.45, 2.75) is 34.6 Å². The topological polar surface area (TPSA) is 17.1 Å². The van der Waals surface area contributed by atoms with Crippen molar-refractivity contribution in [2.75, 3.05) is 0 Å². The summed E-state index contributed by atoms with van der Waals surface area (Å²) in [5.41, 5.74) is -0.314. The molecule has 1 aromatic rings. The fourth-order valence-corrected chi connectivity index (χ4v) is 1.88. The Hall–Kier alpha value is -0.630. The molecular formula is C12H18OS. The normalized spacial score (nSPS) is 12.9. The Morgan fingerprint density at radius 2 is 1.79 bits per heavy atom. The lowest BCUT2D eigenvalue weighted by Crippen LogP contribution is -2.37. The van der Waals surface area contributed by atoms with E-state index >= 15 is 0 Å². The van der Waals surface area contributed by atoms with Gasteiger partial charge in [0.1, 0.15) is 0 Å². The molecule has 0 unspecified atom stereocenters. The molecule has 2 heteroatoms. The van der Waals surface area contributed by atoms with E-state index < -0.39 is 0 Å². The molecule has 0 atom stereocenters. The van der Waals surface area contributed by atoms with E-state index in [4.69, 9.17) is 0 Å². The van der Waals surface area contributed by atoms with Crippen LogP contribution in [0.3, 0.4) is 0 Å². The minimum Gasteiger partial charge on any atom is -0.293 e. The summed E-state index contributed by atoms with van der Waals surface area (Å²) >= 11 is 1.52.